The van der Waals surface area contributed by atoms with Gasteiger partial charge in [0, 0.05) is 37.3 Å². The van der Waals surface area contributed by atoms with Gasteiger partial charge >= 0.3 is 0 Å². The van der Waals surface area contributed by atoms with E-state index in [2.05, 4.69) is 25.6 Å². The molecule has 3 N–H and O–H groups in total. The second kappa shape index (κ2) is 6.82. The van der Waals surface area contributed by atoms with Crippen LogP contribution in [0.25, 0.3) is 11.0 Å². The van der Waals surface area contributed by atoms with Gasteiger partial charge in [-0.05, 0) is 25.5 Å². The molecule has 1 amide bonds. The summed E-state index contributed by atoms with van der Waals surface area (Å²) in [5.41, 5.74) is 0.811. The first-order valence-electron chi connectivity index (χ1n) is 8.22. The van der Waals surface area contributed by atoms with Gasteiger partial charge in [-0.3, -0.25) is 4.79 Å². The Morgan fingerprint density at radius 1 is 1.42 bits per heavy atom. The van der Waals surface area contributed by atoms with E-state index in [0.717, 1.165) is 60.0 Å². The molecule has 2 aliphatic rings. The summed E-state index contributed by atoms with van der Waals surface area (Å²) in [5.74, 6) is 1.71. The van der Waals surface area contributed by atoms with Gasteiger partial charge in [-0.1, -0.05) is 0 Å². The first-order chi connectivity index (χ1) is 11.8. The Morgan fingerprint density at radius 2 is 2.38 bits per heavy atom. The average molecular weight is 344 g/mol. The number of carbonyl (C=O) groups excluding carboxylic acids is 1. The van der Waals surface area contributed by atoms with Crippen LogP contribution < -0.4 is 15.5 Å². The summed E-state index contributed by atoms with van der Waals surface area (Å²) >= 11 is 1.60. The number of nitrogens with one attached hydrogen (secondary N) is 3. The van der Waals surface area contributed by atoms with E-state index in [-0.39, 0.29) is 11.9 Å². The maximum Gasteiger partial charge on any atom is 0.259 e. The molecule has 0 bridgehead atoms. The van der Waals surface area contributed by atoms with Gasteiger partial charge in [0.2, 0.25) is 0 Å². The van der Waals surface area contributed by atoms with Crippen LogP contribution in [0.15, 0.2) is 29.7 Å². The summed E-state index contributed by atoms with van der Waals surface area (Å²) in [5, 5.41) is 7.43. The van der Waals surface area contributed by atoms with Crippen LogP contribution in [-0.2, 0) is 4.79 Å². The molecule has 0 saturated carbocycles. The third kappa shape index (κ3) is 3.11. The number of aromatic amines is 1. The number of hydrogen-bond donors (Lipinski definition) is 3. The van der Waals surface area contributed by atoms with Gasteiger partial charge in [-0.15, -0.1) is 11.8 Å². The first-order valence-corrected chi connectivity index (χ1v) is 9.21. The van der Waals surface area contributed by atoms with Crippen molar-refractivity contribution in [2.75, 3.05) is 30.3 Å². The number of carbonyl (C=O) groups is 1. The van der Waals surface area contributed by atoms with Crippen molar-refractivity contribution in [2.24, 2.45) is 0 Å². The molecule has 0 radical (unpaired) electrons. The number of anilines is 1. The lowest BCUT2D eigenvalue weighted by molar-refractivity contribution is -0.117. The number of aromatic nitrogens is 3. The summed E-state index contributed by atoms with van der Waals surface area (Å²) in [6, 6.07) is 2.19. The van der Waals surface area contributed by atoms with E-state index < -0.39 is 0 Å². The van der Waals surface area contributed by atoms with Gasteiger partial charge in [0.15, 0.2) is 0 Å². The smallest absolute Gasteiger partial charge is 0.259 e. The van der Waals surface area contributed by atoms with E-state index in [1.165, 1.54) is 0 Å². The number of piperidine rings is 1. The lowest BCUT2D eigenvalue weighted by atomic mass is 10.1. The van der Waals surface area contributed by atoms with Crippen molar-refractivity contribution >= 4 is 34.5 Å². The fraction of sp³-hybridized carbons (Fsp3) is 0.438. The third-order valence-corrected chi connectivity index (χ3v) is 5.31. The first kappa shape index (κ1) is 15.5. The highest BCUT2D eigenvalue weighted by molar-refractivity contribution is 8.04. The zero-order chi connectivity index (χ0) is 16.4. The molecule has 1 saturated heterocycles. The molecule has 0 aromatic carbocycles. The minimum atomic E-state index is 0.0118. The van der Waals surface area contributed by atoms with Crippen LogP contribution in [0.2, 0.25) is 0 Å². The molecule has 24 heavy (non-hydrogen) atoms. The van der Waals surface area contributed by atoms with E-state index in [1.54, 1.807) is 18.1 Å². The Labute approximate surface area is 144 Å². The predicted molar refractivity (Wildman–Crippen MR) is 95.8 cm³/mol. The molecule has 1 atom stereocenters. The molecule has 4 heterocycles. The van der Waals surface area contributed by atoms with Crippen molar-refractivity contribution in [3.8, 4) is 0 Å². The van der Waals surface area contributed by atoms with Crippen molar-refractivity contribution in [1.29, 1.82) is 0 Å². The number of thioether (sulfide) groups is 1. The van der Waals surface area contributed by atoms with Crippen molar-refractivity contribution in [2.45, 2.75) is 18.9 Å². The highest BCUT2D eigenvalue weighted by Gasteiger charge is 2.23. The van der Waals surface area contributed by atoms with Gasteiger partial charge in [-0.25, -0.2) is 9.97 Å². The van der Waals surface area contributed by atoms with E-state index in [9.17, 15) is 4.79 Å². The Morgan fingerprint density at radius 3 is 3.25 bits per heavy atom. The van der Waals surface area contributed by atoms with Crippen LogP contribution in [0, 0.1) is 0 Å². The second-order valence-corrected chi connectivity index (χ2v) is 7.13. The van der Waals surface area contributed by atoms with Crippen molar-refractivity contribution in [3.63, 3.8) is 0 Å². The third-order valence-electron chi connectivity index (χ3n) is 4.32. The Kier molecular flexibility index (Phi) is 4.40. The molecule has 8 heteroatoms. The van der Waals surface area contributed by atoms with Gasteiger partial charge in [0.25, 0.3) is 5.91 Å². The van der Waals surface area contributed by atoms with E-state index >= 15 is 0 Å². The Hall–Kier alpha value is -2.06. The Bertz CT molecular complexity index is 767. The van der Waals surface area contributed by atoms with Crippen LogP contribution in [0.5, 0.6) is 0 Å². The number of hydrogen-bond acceptors (Lipinski definition) is 6. The monoisotopic (exact) mass is 344 g/mol. The number of amides is 1. The van der Waals surface area contributed by atoms with Crippen molar-refractivity contribution < 1.29 is 4.79 Å². The largest absolute Gasteiger partial charge is 0.348 e. The molecule has 2 aromatic heterocycles. The fourth-order valence-electron chi connectivity index (χ4n) is 3.11. The zero-order valence-electron chi connectivity index (χ0n) is 13.3. The maximum atomic E-state index is 12.6. The standard InChI is InChI=1S/C16H20N6OS/c23-16(21-11-2-1-4-17-8-11)13-9-22(6-7-24-13)15-12-3-5-18-14(12)19-10-20-15/h3,5,9-11,17H,1-2,4,6-8H2,(H,21,23)(H,18,19,20)/t11-/m0/s1. The summed E-state index contributed by atoms with van der Waals surface area (Å²) in [4.78, 5) is 27.1. The van der Waals surface area contributed by atoms with Gasteiger partial charge < -0.3 is 20.5 Å². The number of H-pyrrole nitrogens is 1. The lowest BCUT2D eigenvalue weighted by Gasteiger charge is -2.28. The SMILES string of the molecule is O=C(N[C@H]1CCCNC1)C1=CN(c2ncnc3[nH]ccc23)CCS1. The van der Waals surface area contributed by atoms with Gasteiger partial charge in [0.1, 0.15) is 17.8 Å². The number of nitrogens with zero attached hydrogens (tertiary/aromatic N) is 3. The summed E-state index contributed by atoms with van der Waals surface area (Å²) in [6.45, 7) is 2.71. The molecule has 0 unspecified atom stereocenters. The normalized spacial score (nSPS) is 21.6. The highest BCUT2D eigenvalue weighted by Crippen LogP contribution is 2.29. The molecular weight excluding hydrogens is 324 g/mol. The van der Waals surface area contributed by atoms with Crippen LogP contribution in [-0.4, -0.2) is 52.3 Å². The van der Waals surface area contributed by atoms with Crippen LogP contribution >= 0.6 is 11.8 Å². The molecule has 0 aliphatic carbocycles. The fourth-order valence-corrected chi connectivity index (χ4v) is 4.01. The summed E-state index contributed by atoms with van der Waals surface area (Å²) in [7, 11) is 0. The van der Waals surface area contributed by atoms with E-state index in [1.807, 2.05) is 23.4 Å². The predicted octanol–water partition coefficient (Wildman–Crippen LogP) is 1.22. The molecule has 1 fully saturated rings. The molecule has 2 aromatic rings. The number of fused-ring (bicyclic) bond motifs is 1. The van der Waals surface area contributed by atoms with Crippen molar-refractivity contribution in [3.05, 3.63) is 29.7 Å². The van der Waals surface area contributed by atoms with Gasteiger partial charge in [0.05, 0.1) is 10.3 Å². The minimum absolute atomic E-state index is 0.0118. The topological polar surface area (TPSA) is 85.9 Å². The number of rotatable bonds is 3. The van der Waals surface area contributed by atoms with E-state index in [4.69, 9.17) is 0 Å². The van der Waals surface area contributed by atoms with Crippen LogP contribution in [0.1, 0.15) is 12.8 Å². The van der Waals surface area contributed by atoms with Gasteiger partial charge in [-0.2, -0.15) is 0 Å². The maximum absolute atomic E-state index is 12.6. The second-order valence-electron chi connectivity index (χ2n) is 5.99. The molecular formula is C16H20N6OS. The molecule has 0 spiro atoms. The average Bonchev–Trinajstić information content (AvgIpc) is 3.11. The summed E-state index contributed by atoms with van der Waals surface area (Å²) < 4.78 is 0. The molecule has 7 nitrogen and oxygen atoms in total. The minimum Gasteiger partial charge on any atom is -0.348 e. The summed E-state index contributed by atoms with van der Waals surface area (Å²) in [6.07, 6.45) is 7.46. The molecule has 4 rings (SSSR count). The Balaban J connectivity index is 1.54. The van der Waals surface area contributed by atoms with E-state index in [0.29, 0.717) is 0 Å². The lowest BCUT2D eigenvalue weighted by Crippen LogP contribution is -2.46. The van der Waals surface area contributed by atoms with Crippen LogP contribution in [0.4, 0.5) is 5.82 Å². The quantitative estimate of drug-likeness (QED) is 0.776. The molecule has 126 valence electrons. The van der Waals surface area contributed by atoms with Crippen molar-refractivity contribution in [1.82, 2.24) is 25.6 Å². The highest BCUT2D eigenvalue weighted by atomic mass is 32.2. The zero-order valence-corrected chi connectivity index (χ0v) is 14.1. The molecule has 2 aliphatic heterocycles. The van der Waals surface area contributed by atoms with Crippen LogP contribution in [0.3, 0.4) is 0 Å².